The minimum absolute atomic E-state index is 0.198. The Kier molecular flexibility index (Phi) is 4.05. The lowest BCUT2D eigenvalue weighted by atomic mass is 10.2. The van der Waals surface area contributed by atoms with Crippen molar-refractivity contribution in [3.05, 3.63) is 69.9 Å². The third-order valence-electron chi connectivity index (χ3n) is 2.60. The van der Waals surface area contributed by atoms with Crippen LogP contribution >= 0.6 is 0 Å². The summed E-state index contributed by atoms with van der Waals surface area (Å²) in [5.41, 5.74) is 3.11. The van der Waals surface area contributed by atoms with Crippen molar-refractivity contribution in [3.63, 3.8) is 0 Å². The number of pyridine rings is 1. The standard InChI is InChI=1S/C14H12FN3O2/c1-18-9-11(4-7-13(18)19)14(20)17-16-8-10-2-5-12(15)6-3-10/h2-9H,1H3,(H,17,20). The van der Waals surface area contributed by atoms with E-state index in [4.69, 9.17) is 0 Å². The van der Waals surface area contributed by atoms with E-state index in [1.165, 1.54) is 53.4 Å². The van der Waals surface area contributed by atoms with Gasteiger partial charge in [0.1, 0.15) is 5.82 Å². The number of nitrogens with zero attached hydrogens (tertiary/aromatic N) is 2. The summed E-state index contributed by atoms with van der Waals surface area (Å²) in [5.74, 6) is -0.768. The average molecular weight is 273 g/mol. The number of aromatic nitrogens is 1. The molecule has 0 aliphatic rings. The smallest absolute Gasteiger partial charge is 0.272 e. The van der Waals surface area contributed by atoms with E-state index in [2.05, 4.69) is 10.5 Å². The predicted molar refractivity (Wildman–Crippen MR) is 73.1 cm³/mol. The molecule has 20 heavy (non-hydrogen) atoms. The Hall–Kier alpha value is -2.76. The summed E-state index contributed by atoms with van der Waals surface area (Å²) in [6, 6.07) is 8.41. The molecule has 2 aromatic rings. The molecular formula is C14H12FN3O2. The molecule has 1 aromatic carbocycles. The van der Waals surface area contributed by atoms with E-state index >= 15 is 0 Å². The van der Waals surface area contributed by atoms with Crippen molar-refractivity contribution < 1.29 is 9.18 Å². The third-order valence-corrected chi connectivity index (χ3v) is 2.60. The normalized spacial score (nSPS) is 10.7. The second-order valence-corrected chi connectivity index (χ2v) is 4.12. The summed E-state index contributed by atoms with van der Waals surface area (Å²) in [6.07, 6.45) is 2.82. The highest BCUT2D eigenvalue weighted by molar-refractivity contribution is 5.94. The molecule has 1 heterocycles. The van der Waals surface area contributed by atoms with Crippen LogP contribution in [0.2, 0.25) is 0 Å². The highest BCUT2D eigenvalue weighted by Crippen LogP contribution is 2.00. The van der Waals surface area contributed by atoms with E-state index in [0.717, 1.165) is 0 Å². The molecule has 0 aliphatic heterocycles. The number of amides is 1. The molecule has 0 aliphatic carbocycles. The fourth-order valence-corrected chi connectivity index (χ4v) is 1.51. The van der Waals surface area contributed by atoms with Crippen LogP contribution in [0, 0.1) is 5.82 Å². The van der Waals surface area contributed by atoms with Crippen molar-refractivity contribution in [3.8, 4) is 0 Å². The summed E-state index contributed by atoms with van der Waals surface area (Å²) in [7, 11) is 1.56. The Balaban J connectivity index is 2.03. The van der Waals surface area contributed by atoms with Crippen LogP contribution in [0.15, 0.2) is 52.5 Å². The van der Waals surface area contributed by atoms with Gasteiger partial charge in [0, 0.05) is 19.3 Å². The topological polar surface area (TPSA) is 63.5 Å². The van der Waals surface area contributed by atoms with Gasteiger partial charge in [0.25, 0.3) is 5.91 Å². The van der Waals surface area contributed by atoms with Crippen LogP contribution in [0.1, 0.15) is 15.9 Å². The van der Waals surface area contributed by atoms with Crippen molar-refractivity contribution in [2.24, 2.45) is 12.1 Å². The monoisotopic (exact) mass is 273 g/mol. The first kappa shape index (κ1) is 13.7. The Bertz CT molecular complexity index is 705. The molecule has 0 fully saturated rings. The third kappa shape index (κ3) is 3.38. The van der Waals surface area contributed by atoms with Crippen molar-refractivity contribution >= 4 is 12.1 Å². The van der Waals surface area contributed by atoms with Crippen molar-refractivity contribution in [2.45, 2.75) is 0 Å². The molecule has 0 saturated carbocycles. The summed E-state index contributed by atoms with van der Waals surface area (Å²) >= 11 is 0. The lowest BCUT2D eigenvalue weighted by Gasteiger charge is -2.01. The Morgan fingerprint density at radius 1 is 1.25 bits per heavy atom. The van der Waals surface area contributed by atoms with Gasteiger partial charge in [0.2, 0.25) is 5.56 Å². The van der Waals surface area contributed by atoms with Crippen LogP contribution in [0.5, 0.6) is 0 Å². The predicted octanol–water partition coefficient (Wildman–Crippen LogP) is 1.29. The van der Waals surface area contributed by atoms with Crippen molar-refractivity contribution in [1.82, 2.24) is 9.99 Å². The van der Waals surface area contributed by atoms with E-state index in [0.29, 0.717) is 11.1 Å². The molecule has 1 N–H and O–H groups in total. The van der Waals surface area contributed by atoms with Gasteiger partial charge in [-0.2, -0.15) is 5.10 Å². The van der Waals surface area contributed by atoms with E-state index < -0.39 is 5.91 Å². The van der Waals surface area contributed by atoms with Gasteiger partial charge in [-0.05, 0) is 23.8 Å². The summed E-state index contributed by atoms with van der Waals surface area (Å²) in [6.45, 7) is 0. The molecule has 102 valence electrons. The minimum atomic E-state index is -0.432. The maximum Gasteiger partial charge on any atom is 0.272 e. The van der Waals surface area contributed by atoms with Crippen molar-refractivity contribution in [2.75, 3.05) is 0 Å². The first-order valence-corrected chi connectivity index (χ1v) is 5.82. The molecule has 0 radical (unpaired) electrons. The lowest BCUT2D eigenvalue weighted by Crippen LogP contribution is -2.22. The zero-order valence-corrected chi connectivity index (χ0v) is 10.7. The summed E-state index contributed by atoms with van der Waals surface area (Å²) in [5, 5.41) is 3.77. The number of halogens is 1. The molecule has 1 aromatic heterocycles. The maximum atomic E-state index is 12.7. The minimum Gasteiger partial charge on any atom is -0.318 e. The molecule has 0 atom stereocenters. The fraction of sp³-hybridized carbons (Fsp3) is 0.0714. The van der Waals surface area contributed by atoms with Gasteiger partial charge >= 0.3 is 0 Å². The van der Waals surface area contributed by atoms with Gasteiger partial charge in [0.05, 0.1) is 11.8 Å². The van der Waals surface area contributed by atoms with E-state index in [9.17, 15) is 14.0 Å². The summed E-state index contributed by atoms with van der Waals surface area (Å²) < 4.78 is 14.0. The zero-order valence-electron chi connectivity index (χ0n) is 10.7. The van der Waals surface area contributed by atoms with Crippen LogP contribution in [-0.2, 0) is 7.05 Å². The largest absolute Gasteiger partial charge is 0.318 e. The quantitative estimate of drug-likeness (QED) is 0.676. The molecule has 0 saturated heterocycles. The molecule has 6 heteroatoms. The van der Waals surface area contributed by atoms with Crippen LogP contribution in [0.4, 0.5) is 4.39 Å². The number of benzene rings is 1. The van der Waals surface area contributed by atoms with Gasteiger partial charge in [-0.3, -0.25) is 9.59 Å². The molecular weight excluding hydrogens is 261 g/mol. The van der Waals surface area contributed by atoms with E-state index in [-0.39, 0.29) is 11.4 Å². The number of carbonyl (C=O) groups excluding carboxylic acids is 1. The fourth-order valence-electron chi connectivity index (χ4n) is 1.51. The first-order chi connectivity index (χ1) is 9.56. The number of rotatable bonds is 3. The molecule has 2 rings (SSSR count). The SMILES string of the molecule is Cn1cc(C(=O)NN=Cc2ccc(F)cc2)ccc1=O. The van der Waals surface area contributed by atoms with Gasteiger partial charge in [-0.15, -0.1) is 0 Å². The number of carbonyl (C=O) groups is 1. The molecule has 1 amide bonds. The Morgan fingerprint density at radius 2 is 1.95 bits per heavy atom. The van der Waals surface area contributed by atoms with Gasteiger partial charge in [-0.1, -0.05) is 12.1 Å². The summed E-state index contributed by atoms with van der Waals surface area (Å²) in [4.78, 5) is 22.9. The second-order valence-electron chi connectivity index (χ2n) is 4.12. The maximum absolute atomic E-state index is 12.7. The van der Waals surface area contributed by atoms with E-state index in [1.54, 1.807) is 7.05 Å². The lowest BCUT2D eigenvalue weighted by molar-refractivity contribution is 0.0954. The second kappa shape index (κ2) is 5.92. The number of aryl methyl sites for hydroxylation is 1. The number of hydrogen-bond donors (Lipinski definition) is 1. The van der Waals surface area contributed by atoms with Crippen molar-refractivity contribution in [1.29, 1.82) is 0 Å². The first-order valence-electron chi connectivity index (χ1n) is 5.82. The average Bonchev–Trinajstić information content (AvgIpc) is 2.44. The highest BCUT2D eigenvalue weighted by Gasteiger charge is 2.04. The van der Waals surface area contributed by atoms with Crippen LogP contribution < -0.4 is 11.0 Å². The molecule has 0 bridgehead atoms. The number of hydrazone groups is 1. The van der Waals surface area contributed by atoms with Gasteiger partial charge in [-0.25, -0.2) is 9.82 Å². The van der Waals surface area contributed by atoms with Crippen LogP contribution in [-0.4, -0.2) is 16.7 Å². The molecule has 5 nitrogen and oxygen atoms in total. The Labute approximate surface area is 114 Å². The number of hydrogen-bond acceptors (Lipinski definition) is 3. The van der Waals surface area contributed by atoms with Gasteiger partial charge < -0.3 is 4.57 Å². The Morgan fingerprint density at radius 3 is 2.60 bits per heavy atom. The van der Waals surface area contributed by atoms with Crippen LogP contribution in [0.3, 0.4) is 0 Å². The van der Waals surface area contributed by atoms with E-state index in [1.807, 2.05) is 0 Å². The van der Waals surface area contributed by atoms with Gasteiger partial charge in [0.15, 0.2) is 0 Å². The molecule has 0 unspecified atom stereocenters. The van der Waals surface area contributed by atoms with Crippen LogP contribution in [0.25, 0.3) is 0 Å². The zero-order chi connectivity index (χ0) is 14.5. The molecule has 0 spiro atoms. The highest BCUT2D eigenvalue weighted by atomic mass is 19.1. The number of nitrogens with one attached hydrogen (secondary N) is 1.